The Morgan fingerprint density at radius 1 is 1.07 bits per heavy atom. The number of carbonyl (C=O) groups excluding carboxylic acids is 1. The van der Waals surface area contributed by atoms with Crippen LogP contribution in [0.5, 0.6) is 0 Å². The number of hydrogen-bond donors (Lipinski definition) is 2. The van der Waals surface area contributed by atoms with Gasteiger partial charge >= 0.3 is 0 Å². The molecule has 1 amide bonds. The van der Waals surface area contributed by atoms with Gasteiger partial charge in [-0.05, 0) is 30.7 Å². The van der Waals surface area contributed by atoms with Crippen LogP contribution in [-0.4, -0.2) is 36.7 Å². The zero-order chi connectivity index (χ0) is 21.1. The van der Waals surface area contributed by atoms with Gasteiger partial charge in [0.15, 0.2) is 0 Å². The third-order valence-corrected chi connectivity index (χ3v) is 5.79. The Balaban J connectivity index is 1.68. The predicted octanol–water partition coefficient (Wildman–Crippen LogP) is 3.14. The van der Waals surface area contributed by atoms with Crippen LogP contribution in [0.25, 0.3) is 16.9 Å². The second-order valence-electron chi connectivity index (χ2n) is 7.79. The normalized spacial score (nSPS) is 14.2. The zero-order valence-corrected chi connectivity index (χ0v) is 17.1. The van der Waals surface area contributed by atoms with E-state index in [2.05, 4.69) is 5.32 Å². The molecule has 0 spiro atoms. The van der Waals surface area contributed by atoms with Crippen LogP contribution in [0.3, 0.4) is 0 Å². The van der Waals surface area contributed by atoms with Crippen LogP contribution in [0.1, 0.15) is 28.9 Å². The highest BCUT2D eigenvalue weighted by molar-refractivity contribution is 5.97. The highest BCUT2D eigenvalue weighted by Crippen LogP contribution is 2.30. The molecule has 2 heterocycles. The maximum absolute atomic E-state index is 14.6. The molecule has 3 aromatic rings. The van der Waals surface area contributed by atoms with Gasteiger partial charge < -0.3 is 14.8 Å². The molecular weight excluding hydrogens is 384 g/mol. The number of benzene rings is 2. The van der Waals surface area contributed by atoms with Crippen LogP contribution < -0.4 is 10.2 Å². The van der Waals surface area contributed by atoms with E-state index in [4.69, 9.17) is 0 Å². The number of hydrogen-bond acceptors (Lipinski definition) is 1. The molecule has 1 aliphatic rings. The number of carbonyl (C=O) groups is 1. The topological polar surface area (TPSA) is 38.5 Å². The molecule has 156 valence electrons. The van der Waals surface area contributed by atoms with Gasteiger partial charge in [-0.2, -0.15) is 0 Å². The zero-order valence-electron chi connectivity index (χ0n) is 17.1. The van der Waals surface area contributed by atoms with Crippen molar-refractivity contribution < 1.29 is 18.5 Å². The molecular formula is C24H26F2N3O+. The number of aromatic nitrogens is 1. The largest absolute Gasteiger partial charge is 0.346 e. The minimum atomic E-state index is -0.671. The molecule has 0 bridgehead atoms. The van der Waals surface area contributed by atoms with Gasteiger partial charge in [0.05, 0.1) is 43.1 Å². The Kier molecular flexibility index (Phi) is 5.95. The van der Waals surface area contributed by atoms with E-state index < -0.39 is 11.6 Å². The number of rotatable bonds is 6. The van der Waals surface area contributed by atoms with Crippen LogP contribution in [0.15, 0.2) is 54.6 Å². The molecule has 1 aromatic heterocycles. The lowest BCUT2D eigenvalue weighted by molar-refractivity contribution is -0.886. The number of amides is 1. The van der Waals surface area contributed by atoms with Crippen LogP contribution in [0, 0.1) is 18.6 Å². The summed E-state index contributed by atoms with van der Waals surface area (Å²) in [5.41, 5.74) is 2.87. The van der Waals surface area contributed by atoms with Gasteiger partial charge in [0.2, 0.25) is 0 Å². The van der Waals surface area contributed by atoms with E-state index in [1.54, 1.807) is 17.6 Å². The molecule has 0 radical (unpaired) electrons. The van der Waals surface area contributed by atoms with E-state index in [9.17, 15) is 13.6 Å². The van der Waals surface area contributed by atoms with E-state index in [0.717, 1.165) is 31.3 Å². The van der Waals surface area contributed by atoms with Crippen LogP contribution in [0.2, 0.25) is 0 Å². The highest BCUT2D eigenvalue weighted by atomic mass is 19.1. The average Bonchev–Trinajstić information content (AvgIpc) is 3.37. The molecule has 4 rings (SSSR count). The fraction of sp³-hybridized carbons (Fsp3) is 0.292. The minimum Gasteiger partial charge on any atom is -0.346 e. The first-order valence-corrected chi connectivity index (χ1v) is 10.4. The molecule has 4 nitrogen and oxygen atoms in total. The summed E-state index contributed by atoms with van der Waals surface area (Å²) < 4.78 is 29.8. The summed E-state index contributed by atoms with van der Waals surface area (Å²) in [6.07, 6.45) is 2.49. The second kappa shape index (κ2) is 8.79. The third-order valence-electron chi connectivity index (χ3n) is 5.79. The summed E-state index contributed by atoms with van der Waals surface area (Å²) in [6.45, 7) is 5.62. The lowest BCUT2D eigenvalue weighted by Gasteiger charge is -2.14. The van der Waals surface area contributed by atoms with Crippen molar-refractivity contribution in [1.29, 1.82) is 0 Å². The fourth-order valence-electron chi connectivity index (χ4n) is 4.20. The summed E-state index contributed by atoms with van der Waals surface area (Å²) in [4.78, 5) is 14.4. The maximum Gasteiger partial charge on any atom is 0.253 e. The van der Waals surface area contributed by atoms with Gasteiger partial charge in [-0.15, -0.1) is 0 Å². The number of nitrogens with zero attached hydrogens (tertiary/aromatic N) is 1. The maximum atomic E-state index is 14.6. The molecule has 1 saturated heterocycles. The monoisotopic (exact) mass is 410 g/mol. The van der Waals surface area contributed by atoms with Crippen molar-refractivity contribution in [1.82, 2.24) is 9.88 Å². The SMILES string of the molecule is Cc1c(C(=O)NCC[NH+]2CCCC2)cc(-c2ccccc2)n1-c1ccc(F)cc1F. The smallest absolute Gasteiger partial charge is 0.253 e. The highest BCUT2D eigenvalue weighted by Gasteiger charge is 2.22. The van der Waals surface area contributed by atoms with Crippen molar-refractivity contribution in [3.05, 3.63) is 77.5 Å². The summed E-state index contributed by atoms with van der Waals surface area (Å²) in [5.74, 6) is -1.48. The molecule has 1 fully saturated rings. The predicted molar refractivity (Wildman–Crippen MR) is 113 cm³/mol. The van der Waals surface area contributed by atoms with Gasteiger partial charge in [0.1, 0.15) is 11.6 Å². The molecule has 1 aliphatic heterocycles. The van der Waals surface area contributed by atoms with E-state index >= 15 is 0 Å². The van der Waals surface area contributed by atoms with Crippen molar-refractivity contribution in [2.45, 2.75) is 19.8 Å². The first-order valence-electron chi connectivity index (χ1n) is 10.4. The lowest BCUT2D eigenvalue weighted by Crippen LogP contribution is -3.10. The van der Waals surface area contributed by atoms with Gasteiger partial charge in [-0.1, -0.05) is 30.3 Å². The van der Waals surface area contributed by atoms with E-state index in [1.165, 1.54) is 29.9 Å². The molecule has 2 aromatic carbocycles. The minimum absolute atomic E-state index is 0.176. The van der Waals surface area contributed by atoms with Crippen molar-refractivity contribution in [2.24, 2.45) is 0 Å². The van der Waals surface area contributed by atoms with E-state index in [-0.39, 0.29) is 11.6 Å². The molecule has 0 aliphatic carbocycles. The summed E-state index contributed by atoms with van der Waals surface area (Å²) >= 11 is 0. The fourth-order valence-corrected chi connectivity index (χ4v) is 4.20. The van der Waals surface area contributed by atoms with Crippen molar-refractivity contribution >= 4 is 5.91 Å². The number of quaternary nitrogens is 1. The van der Waals surface area contributed by atoms with Gasteiger partial charge in [-0.3, -0.25) is 4.79 Å². The quantitative estimate of drug-likeness (QED) is 0.644. The number of halogens is 2. The van der Waals surface area contributed by atoms with E-state index in [1.807, 2.05) is 30.3 Å². The Morgan fingerprint density at radius 2 is 1.80 bits per heavy atom. The molecule has 0 atom stereocenters. The Bertz CT molecular complexity index is 1040. The van der Waals surface area contributed by atoms with Crippen molar-refractivity contribution in [3.63, 3.8) is 0 Å². The third kappa shape index (κ3) is 4.14. The second-order valence-corrected chi connectivity index (χ2v) is 7.79. The first kappa shape index (κ1) is 20.3. The standard InChI is InChI=1S/C24H25F2N3O/c1-17-20(24(30)27-11-14-28-12-5-6-13-28)16-23(18-7-3-2-4-8-18)29(17)22-10-9-19(25)15-21(22)26/h2-4,7-10,15-16H,5-6,11-14H2,1H3,(H,27,30)/p+1. The van der Waals surface area contributed by atoms with Crippen LogP contribution >= 0.6 is 0 Å². The summed E-state index contributed by atoms with van der Waals surface area (Å²) in [5, 5.41) is 3.01. The molecule has 0 unspecified atom stereocenters. The number of likely N-dealkylation sites (tertiary alicyclic amines) is 1. The van der Waals surface area contributed by atoms with Crippen LogP contribution in [-0.2, 0) is 0 Å². The van der Waals surface area contributed by atoms with Crippen molar-refractivity contribution in [2.75, 3.05) is 26.2 Å². The molecule has 30 heavy (non-hydrogen) atoms. The molecule has 2 N–H and O–H groups in total. The first-order chi connectivity index (χ1) is 14.5. The Labute approximate surface area is 175 Å². The van der Waals surface area contributed by atoms with Crippen LogP contribution in [0.4, 0.5) is 8.78 Å². The van der Waals surface area contributed by atoms with Gasteiger partial charge in [0, 0.05) is 24.6 Å². The lowest BCUT2D eigenvalue weighted by atomic mass is 10.1. The molecule has 0 saturated carbocycles. The summed E-state index contributed by atoms with van der Waals surface area (Å²) in [6, 6.07) is 14.8. The Hall–Kier alpha value is -2.99. The van der Waals surface area contributed by atoms with Gasteiger partial charge in [0.25, 0.3) is 5.91 Å². The Morgan fingerprint density at radius 3 is 2.50 bits per heavy atom. The number of nitrogens with one attached hydrogen (secondary N) is 2. The molecule has 6 heteroatoms. The average molecular weight is 410 g/mol. The van der Waals surface area contributed by atoms with Gasteiger partial charge in [-0.25, -0.2) is 8.78 Å². The summed E-state index contributed by atoms with van der Waals surface area (Å²) in [7, 11) is 0. The van der Waals surface area contributed by atoms with E-state index in [0.29, 0.717) is 23.5 Å². The van der Waals surface area contributed by atoms with Crippen molar-refractivity contribution in [3.8, 4) is 16.9 Å².